The third-order valence-corrected chi connectivity index (χ3v) is 4.56. The highest BCUT2D eigenvalue weighted by Gasteiger charge is 2.10. The number of carbonyl (C=O) groups is 1. The van der Waals surface area contributed by atoms with Crippen LogP contribution in [0.2, 0.25) is 0 Å². The highest BCUT2D eigenvalue weighted by atomic mass is 127. The lowest BCUT2D eigenvalue weighted by atomic mass is 10.2. The van der Waals surface area contributed by atoms with E-state index in [4.69, 9.17) is 0 Å². The number of carbonyl (C=O) groups excluding carboxylic acids is 1. The Morgan fingerprint density at radius 3 is 2.48 bits per heavy atom. The minimum atomic E-state index is -0.140. The molecule has 1 amide bonds. The summed E-state index contributed by atoms with van der Waals surface area (Å²) in [5, 5.41) is 7.19. The van der Waals surface area contributed by atoms with Crippen LogP contribution in [-0.4, -0.2) is 15.7 Å². The summed E-state index contributed by atoms with van der Waals surface area (Å²) in [7, 11) is 0. The lowest BCUT2D eigenvalue weighted by molar-refractivity contribution is 0.102. The Morgan fingerprint density at radius 2 is 1.78 bits per heavy atom. The molecule has 0 aliphatic carbocycles. The van der Waals surface area contributed by atoms with Crippen molar-refractivity contribution in [2.45, 2.75) is 6.54 Å². The van der Waals surface area contributed by atoms with Crippen LogP contribution in [-0.2, 0) is 6.54 Å². The highest BCUT2D eigenvalue weighted by molar-refractivity contribution is 14.1. The summed E-state index contributed by atoms with van der Waals surface area (Å²) < 4.78 is 3.90. The lowest BCUT2D eigenvalue weighted by Crippen LogP contribution is -2.16. The molecular weight excluding hydrogens is 469 g/mol. The highest BCUT2D eigenvalue weighted by Crippen LogP contribution is 2.15. The maximum atomic E-state index is 12.3. The first kappa shape index (κ1) is 16.2. The third kappa shape index (κ3) is 4.20. The Balaban J connectivity index is 1.74. The SMILES string of the molecule is O=C(Nc1ccnn1Cc1ccc(Br)cc1)c1ccc(I)cc1. The van der Waals surface area contributed by atoms with E-state index in [0.717, 1.165) is 13.6 Å². The van der Waals surface area contributed by atoms with Crippen molar-refractivity contribution in [3.05, 3.63) is 80.0 Å². The minimum Gasteiger partial charge on any atom is -0.307 e. The molecule has 0 saturated carbocycles. The van der Waals surface area contributed by atoms with Crippen LogP contribution >= 0.6 is 38.5 Å². The van der Waals surface area contributed by atoms with Crippen LogP contribution < -0.4 is 5.32 Å². The molecule has 1 N–H and O–H groups in total. The summed E-state index contributed by atoms with van der Waals surface area (Å²) in [6.45, 7) is 0.600. The van der Waals surface area contributed by atoms with Gasteiger partial charge in [0.05, 0.1) is 12.7 Å². The molecule has 116 valence electrons. The van der Waals surface area contributed by atoms with Crippen LogP contribution in [0.25, 0.3) is 0 Å². The van der Waals surface area contributed by atoms with Crippen molar-refractivity contribution < 1.29 is 4.79 Å². The van der Waals surface area contributed by atoms with E-state index in [2.05, 4.69) is 48.9 Å². The summed E-state index contributed by atoms with van der Waals surface area (Å²) in [5.41, 5.74) is 1.74. The Kier molecular flexibility index (Phi) is 5.12. The first-order chi connectivity index (χ1) is 11.1. The molecule has 0 aliphatic heterocycles. The molecule has 0 radical (unpaired) electrons. The number of hydrogen-bond donors (Lipinski definition) is 1. The van der Waals surface area contributed by atoms with Gasteiger partial charge in [0, 0.05) is 19.7 Å². The number of nitrogens with zero attached hydrogens (tertiary/aromatic N) is 2. The van der Waals surface area contributed by atoms with Gasteiger partial charge < -0.3 is 5.32 Å². The first-order valence-electron chi connectivity index (χ1n) is 6.95. The average Bonchev–Trinajstić information content (AvgIpc) is 2.97. The largest absolute Gasteiger partial charge is 0.307 e. The standard InChI is InChI=1S/C17H13BrIN3O/c18-14-5-1-12(2-6-14)11-22-16(9-10-20-22)21-17(23)13-3-7-15(19)8-4-13/h1-10H,11H2,(H,21,23). The minimum absolute atomic E-state index is 0.140. The van der Waals surface area contributed by atoms with E-state index in [9.17, 15) is 4.79 Å². The van der Waals surface area contributed by atoms with E-state index in [-0.39, 0.29) is 5.91 Å². The molecule has 2 aromatic carbocycles. The zero-order valence-corrected chi connectivity index (χ0v) is 15.8. The van der Waals surface area contributed by atoms with Crippen LogP contribution in [0.15, 0.2) is 65.3 Å². The van der Waals surface area contributed by atoms with Gasteiger partial charge in [-0.05, 0) is 64.6 Å². The van der Waals surface area contributed by atoms with Gasteiger partial charge in [-0.25, -0.2) is 4.68 Å². The molecule has 1 heterocycles. The second kappa shape index (κ2) is 7.27. The molecule has 0 saturated heterocycles. The molecule has 1 aromatic heterocycles. The van der Waals surface area contributed by atoms with E-state index in [1.165, 1.54) is 0 Å². The monoisotopic (exact) mass is 481 g/mol. The van der Waals surface area contributed by atoms with Crippen LogP contribution in [0, 0.1) is 3.57 Å². The second-order valence-electron chi connectivity index (χ2n) is 4.96. The van der Waals surface area contributed by atoms with Crippen molar-refractivity contribution in [1.29, 1.82) is 0 Å². The van der Waals surface area contributed by atoms with Gasteiger partial charge in [-0.15, -0.1) is 0 Å². The van der Waals surface area contributed by atoms with E-state index >= 15 is 0 Å². The fourth-order valence-electron chi connectivity index (χ4n) is 2.12. The maximum Gasteiger partial charge on any atom is 0.256 e. The van der Waals surface area contributed by atoms with Crippen LogP contribution in [0.5, 0.6) is 0 Å². The number of rotatable bonds is 4. The Hall–Kier alpha value is -1.67. The first-order valence-corrected chi connectivity index (χ1v) is 8.82. The van der Waals surface area contributed by atoms with Gasteiger partial charge in [-0.1, -0.05) is 28.1 Å². The van der Waals surface area contributed by atoms with Gasteiger partial charge in [-0.2, -0.15) is 5.10 Å². The molecule has 0 unspecified atom stereocenters. The molecule has 4 nitrogen and oxygen atoms in total. The molecule has 0 atom stereocenters. The molecule has 6 heteroatoms. The quantitative estimate of drug-likeness (QED) is 0.555. The zero-order chi connectivity index (χ0) is 16.2. The summed E-state index contributed by atoms with van der Waals surface area (Å²) in [6, 6.07) is 17.3. The van der Waals surface area contributed by atoms with E-state index < -0.39 is 0 Å². The molecule has 0 bridgehead atoms. The molecular formula is C17H13BrIN3O. The van der Waals surface area contributed by atoms with Crippen molar-refractivity contribution in [2.75, 3.05) is 5.32 Å². The van der Waals surface area contributed by atoms with Crippen LogP contribution in [0.1, 0.15) is 15.9 Å². The Labute approximate surface area is 156 Å². The van der Waals surface area contributed by atoms with Gasteiger partial charge in [0.2, 0.25) is 0 Å². The lowest BCUT2D eigenvalue weighted by Gasteiger charge is -2.09. The van der Waals surface area contributed by atoms with E-state index in [0.29, 0.717) is 17.9 Å². The fraction of sp³-hybridized carbons (Fsp3) is 0.0588. The summed E-state index contributed by atoms with van der Waals surface area (Å²) in [6.07, 6.45) is 1.68. The number of nitrogens with one attached hydrogen (secondary N) is 1. The van der Waals surface area contributed by atoms with Crippen molar-refractivity contribution >= 4 is 50.2 Å². The normalized spacial score (nSPS) is 10.5. The van der Waals surface area contributed by atoms with Gasteiger partial charge >= 0.3 is 0 Å². The Morgan fingerprint density at radius 1 is 1.09 bits per heavy atom. The maximum absolute atomic E-state index is 12.3. The van der Waals surface area contributed by atoms with Gasteiger partial charge in [0.1, 0.15) is 5.82 Å². The Bertz CT molecular complexity index is 813. The third-order valence-electron chi connectivity index (χ3n) is 3.31. The summed E-state index contributed by atoms with van der Waals surface area (Å²) in [4.78, 5) is 12.3. The number of aromatic nitrogens is 2. The summed E-state index contributed by atoms with van der Waals surface area (Å²) in [5.74, 6) is 0.537. The molecule has 0 fully saturated rings. The van der Waals surface area contributed by atoms with Gasteiger partial charge in [0.15, 0.2) is 0 Å². The molecule has 3 aromatic rings. The van der Waals surface area contributed by atoms with E-state index in [1.807, 2.05) is 48.5 Å². The number of amides is 1. The van der Waals surface area contributed by atoms with Crippen molar-refractivity contribution in [3.63, 3.8) is 0 Å². The van der Waals surface area contributed by atoms with Crippen molar-refractivity contribution in [1.82, 2.24) is 9.78 Å². The number of anilines is 1. The molecule has 0 aliphatic rings. The zero-order valence-electron chi connectivity index (χ0n) is 12.0. The molecule has 23 heavy (non-hydrogen) atoms. The predicted octanol–water partition coefficient (Wildman–Crippen LogP) is 4.55. The predicted molar refractivity (Wildman–Crippen MR) is 103 cm³/mol. The molecule has 3 rings (SSSR count). The molecule has 0 spiro atoms. The smallest absolute Gasteiger partial charge is 0.256 e. The van der Waals surface area contributed by atoms with Crippen LogP contribution in [0.4, 0.5) is 5.82 Å². The summed E-state index contributed by atoms with van der Waals surface area (Å²) >= 11 is 5.63. The number of hydrogen-bond acceptors (Lipinski definition) is 2. The topological polar surface area (TPSA) is 46.9 Å². The van der Waals surface area contributed by atoms with Crippen molar-refractivity contribution in [2.24, 2.45) is 0 Å². The number of halogens is 2. The second-order valence-corrected chi connectivity index (χ2v) is 7.12. The fourth-order valence-corrected chi connectivity index (χ4v) is 2.74. The van der Waals surface area contributed by atoms with E-state index in [1.54, 1.807) is 16.9 Å². The van der Waals surface area contributed by atoms with Crippen LogP contribution in [0.3, 0.4) is 0 Å². The number of benzene rings is 2. The van der Waals surface area contributed by atoms with Gasteiger partial charge in [-0.3, -0.25) is 4.79 Å². The average molecular weight is 482 g/mol. The van der Waals surface area contributed by atoms with Gasteiger partial charge in [0.25, 0.3) is 5.91 Å². The van der Waals surface area contributed by atoms with Crippen molar-refractivity contribution in [3.8, 4) is 0 Å².